The van der Waals surface area contributed by atoms with Gasteiger partial charge in [-0.15, -0.1) is 0 Å². The molecule has 5 aromatic rings. The summed E-state index contributed by atoms with van der Waals surface area (Å²) in [4.78, 5) is 4.85. The number of rotatable bonds is 8. The fourth-order valence-electron chi connectivity index (χ4n) is 11.0. The van der Waals surface area contributed by atoms with Crippen molar-refractivity contribution in [1.29, 1.82) is 0 Å². The highest BCUT2D eigenvalue weighted by atomic mass is 14.7. The van der Waals surface area contributed by atoms with Gasteiger partial charge in [0.2, 0.25) is 0 Å². The fraction of sp³-hybridized carbons (Fsp3) is 0.161. The molecule has 1 heteroatoms. The molecule has 1 heterocycles. The summed E-state index contributed by atoms with van der Waals surface area (Å²) in [7, 11) is 0. The second kappa shape index (κ2) is 14.3. The molecule has 1 aliphatic heterocycles. The van der Waals surface area contributed by atoms with Gasteiger partial charge in [0, 0.05) is 18.7 Å². The Morgan fingerprint density at radius 3 is 2.02 bits per heavy atom. The van der Waals surface area contributed by atoms with Crippen LogP contribution in [0.15, 0.2) is 211 Å². The third kappa shape index (κ3) is 5.32. The van der Waals surface area contributed by atoms with E-state index < -0.39 is 0 Å². The Kier molecular flexibility index (Phi) is 8.83. The van der Waals surface area contributed by atoms with Crippen LogP contribution in [0, 0.1) is 11.8 Å². The van der Waals surface area contributed by atoms with Crippen LogP contribution in [0.3, 0.4) is 0 Å². The Labute approximate surface area is 337 Å². The van der Waals surface area contributed by atoms with E-state index in [1.807, 2.05) is 12.3 Å². The number of hydrogen-bond acceptors (Lipinski definition) is 1. The number of hydrogen-bond donors (Lipinski definition) is 0. The SMILES string of the molecule is C=C/C=C(\C=C/C)C1(C2C=CC=CC2)c2ccccc2-c2ccc(-c3cccc(-c4ccc5c(c4)C(C4=CC=CCC4)(C4C=CC=NC4)c4ccccc4-5)c3)cc21. The molecule has 0 fully saturated rings. The number of benzene rings is 5. The van der Waals surface area contributed by atoms with Crippen molar-refractivity contribution in [3.05, 3.63) is 228 Å². The van der Waals surface area contributed by atoms with E-state index in [-0.39, 0.29) is 22.7 Å². The van der Waals surface area contributed by atoms with Gasteiger partial charge in [0.25, 0.3) is 0 Å². The summed E-state index contributed by atoms with van der Waals surface area (Å²) in [6, 6.07) is 41.8. The maximum Gasteiger partial charge on any atom is 0.0529 e. The largest absolute Gasteiger partial charge is 0.293 e. The zero-order valence-electron chi connectivity index (χ0n) is 32.6. The third-order valence-corrected chi connectivity index (χ3v) is 13.3. The first-order chi connectivity index (χ1) is 28.2. The first kappa shape index (κ1) is 35.1. The predicted molar refractivity (Wildman–Crippen MR) is 242 cm³/mol. The van der Waals surface area contributed by atoms with Gasteiger partial charge in [-0.05, 0) is 129 Å². The van der Waals surface area contributed by atoms with E-state index in [1.165, 1.54) is 77.9 Å². The van der Waals surface area contributed by atoms with Crippen LogP contribution >= 0.6 is 0 Å². The summed E-state index contributed by atoms with van der Waals surface area (Å²) in [6.45, 7) is 7.08. The van der Waals surface area contributed by atoms with Gasteiger partial charge in [-0.25, -0.2) is 0 Å². The van der Waals surface area contributed by atoms with Crippen molar-refractivity contribution in [1.82, 2.24) is 0 Å². The zero-order chi connectivity index (χ0) is 38.4. The van der Waals surface area contributed by atoms with E-state index in [0.29, 0.717) is 0 Å². The molecule has 0 spiro atoms. The van der Waals surface area contributed by atoms with Crippen LogP contribution in [0.4, 0.5) is 0 Å². The van der Waals surface area contributed by atoms with Crippen LogP contribution in [0.1, 0.15) is 48.4 Å². The Morgan fingerprint density at radius 1 is 0.649 bits per heavy atom. The molecular formula is C56H47N. The Hall–Kier alpha value is -6.31. The zero-order valence-corrected chi connectivity index (χ0v) is 32.6. The van der Waals surface area contributed by atoms with Gasteiger partial charge < -0.3 is 0 Å². The van der Waals surface area contributed by atoms with Crippen molar-refractivity contribution >= 4 is 6.21 Å². The van der Waals surface area contributed by atoms with Gasteiger partial charge in [0.05, 0.1) is 10.8 Å². The molecule has 4 unspecified atom stereocenters. The van der Waals surface area contributed by atoms with Crippen LogP contribution in [-0.2, 0) is 10.8 Å². The number of dihydropyridines is 1. The van der Waals surface area contributed by atoms with E-state index >= 15 is 0 Å². The summed E-state index contributed by atoms with van der Waals surface area (Å²) in [5.74, 6) is 0.487. The first-order valence-corrected chi connectivity index (χ1v) is 20.6. The molecule has 4 atom stereocenters. The smallest absolute Gasteiger partial charge is 0.0529 e. The first-order valence-electron chi connectivity index (χ1n) is 20.6. The Balaban J connectivity index is 1.13. The highest BCUT2D eigenvalue weighted by molar-refractivity contribution is 5.89. The minimum absolute atomic E-state index is 0.233. The Bertz CT molecular complexity index is 2690. The quantitative estimate of drug-likeness (QED) is 0.141. The molecule has 0 saturated carbocycles. The molecule has 0 amide bonds. The molecule has 4 aliphatic carbocycles. The minimum atomic E-state index is -0.361. The summed E-state index contributed by atoms with van der Waals surface area (Å²) in [5, 5.41) is 0. The number of allylic oxidation sites excluding steroid dienone is 14. The van der Waals surface area contributed by atoms with Gasteiger partial charge >= 0.3 is 0 Å². The fourth-order valence-corrected chi connectivity index (χ4v) is 11.0. The van der Waals surface area contributed by atoms with Gasteiger partial charge in [-0.1, -0.05) is 176 Å². The van der Waals surface area contributed by atoms with E-state index in [4.69, 9.17) is 4.99 Å². The summed E-state index contributed by atoms with van der Waals surface area (Å²) >= 11 is 0. The monoisotopic (exact) mass is 733 g/mol. The third-order valence-electron chi connectivity index (χ3n) is 13.3. The molecule has 5 aliphatic rings. The van der Waals surface area contributed by atoms with Crippen molar-refractivity contribution in [3.63, 3.8) is 0 Å². The minimum Gasteiger partial charge on any atom is -0.293 e. The molecule has 0 radical (unpaired) electrons. The van der Waals surface area contributed by atoms with Crippen molar-refractivity contribution in [2.24, 2.45) is 16.8 Å². The Morgan fingerprint density at radius 2 is 1.33 bits per heavy atom. The molecule has 57 heavy (non-hydrogen) atoms. The van der Waals surface area contributed by atoms with Crippen LogP contribution in [0.25, 0.3) is 44.5 Å². The van der Waals surface area contributed by atoms with Crippen LogP contribution in [0.5, 0.6) is 0 Å². The van der Waals surface area contributed by atoms with Gasteiger partial charge in [-0.2, -0.15) is 0 Å². The van der Waals surface area contributed by atoms with Crippen molar-refractivity contribution in [2.75, 3.05) is 6.54 Å². The normalized spacial score (nSPS) is 23.9. The summed E-state index contributed by atoms with van der Waals surface area (Å²) in [6.07, 6.45) is 34.4. The lowest BCUT2D eigenvalue weighted by molar-refractivity contribution is 0.442. The molecule has 0 aromatic heterocycles. The molecule has 276 valence electrons. The van der Waals surface area contributed by atoms with E-state index in [0.717, 1.165) is 25.8 Å². The van der Waals surface area contributed by atoms with Crippen molar-refractivity contribution in [3.8, 4) is 44.5 Å². The maximum absolute atomic E-state index is 4.85. The highest BCUT2D eigenvalue weighted by Crippen LogP contribution is 2.60. The van der Waals surface area contributed by atoms with Crippen molar-refractivity contribution in [2.45, 2.75) is 37.0 Å². The number of fused-ring (bicyclic) bond motifs is 6. The van der Waals surface area contributed by atoms with E-state index in [1.54, 1.807) is 0 Å². The molecule has 5 aromatic carbocycles. The van der Waals surface area contributed by atoms with Crippen molar-refractivity contribution < 1.29 is 0 Å². The summed E-state index contributed by atoms with van der Waals surface area (Å²) in [5.41, 5.74) is 17.9. The van der Waals surface area contributed by atoms with Crippen LogP contribution in [0.2, 0.25) is 0 Å². The lowest BCUT2D eigenvalue weighted by Gasteiger charge is -2.41. The number of nitrogens with zero attached hydrogens (tertiary/aromatic N) is 1. The molecule has 0 saturated heterocycles. The maximum atomic E-state index is 4.85. The van der Waals surface area contributed by atoms with Gasteiger partial charge in [0.1, 0.15) is 0 Å². The molecule has 1 nitrogen and oxygen atoms in total. The van der Waals surface area contributed by atoms with Gasteiger partial charge in [-0.3, -0.25) is 4.99 Å². The second-order valence-electron chi connectivity index (χ2n) is 16.0. The highest BCUT2D eigenvalue weighted by Gasteiger charge is 2.51. The average Bonchev–Trinajstić information content (AvgIpc) is 3.75. The van der Waals surface area contributed by atoms with Gasteiger partial charge in [0.15, 0.2) is 0 Å². The second-order valence-corrected chi connectivity index (χ2v) is 16.0. The van der Waals surface area contributed by atoms with E-state index in [2.05, 4.69) is 196 Å². The summed E-state index contributed by atoms with van der Waals surface area (Å²) < 4.78 is 0. The van der Waals surface area contributed by atoms with E-state index in [9.17, 15) is 0 Å². The molecule has 10 rings (SSSR count). The van der Waals surface area contributed by atoms with Crippen LogP contribution in [-0.4, -0.2) is 12.8 Å². The number of aliphatic imine (C=N–C) groups is 1. The van der Waals surface area contributed by atoms with Crippen LogP contribution < -0.4 is 0 Å². The standard InChI is InChI=1S/C56H47N/c1-3-17-43(18-4-2)55(44-21-7-5-8-22-44)51-28-13-11-26-47(51)49-32-30-41(36-53(49)55)39-19-15-20-40(35-39)42-31-33-50-48-27-12-14-29-52(48)56(54(50)37-42,45-23-9-6-10-24-45)46-25-16-34-57-38-46/h3-9,11-21,23,25-37,44,46H,1,10,22,24,38H2,2H3/b18-4-,43-17+. The lowest BCUT2D eigenvalue weighted by atomic mass is 9.61. The molecule has 0 N–H and O–H groups in total. The lowest BCUT2D eigenvalue weighted by Crippen LogP contribution is -2.38. The topological polar surface area (TPSA) is 12.4 Å². The predicted octanol–water partition coefficient (Wildman–Crippen LogP) is 13.9. The molecule has 0 bridgehead atoms. The average molecular weight is 734 g/mol. The molecular weight excluding hydrogens is 687 g/mol.